The highest BCUT2D eigenvalue weighted by molar-refractivity contribution is 5.80. The highest BCUT2D eigenvalue weighted by Crippen LogP contribution is 2.31. The van der Waals surface area contributed by atoms with Crippen LogP contribution < -0.4 is 0 Å². The number of hydrogen-bond donors (Lipinski definition) is 0. The average Bonchev–Trinajstić information content (AvgIpc) is 2.78. The van der Waals surface area contributed by atoms with E-state index in [1.165, 1.54) is 25.5 Å². The van der Waals surface area contributed by atoms with Gasteiger partial charge in [0.15, 0.2) is 6.10 Å². The monoisotopic (exact) mass is 453 g/mol. The van der Waals surface area contributed by atoms with Crippen LogP contribution >= 0.6 is 0 Å². The SMILES string of the molecule is CO[C@@H]1[C@@H](OC)[C@H](C)O[C@@H](O/N=C/c2ccc(-c3ccc(C(F)(F)F)cc3)cc2)[C@@H]1OC. The van der Waals surface area contributed by atoms with Crippen LogP contribution in [0.3, 0.4) is 0 Å². The Kier molecular flexibility index (Phi) is 7.89. The van der Waals surface area contributed by atoms with Gasteiger partial charge in [0.2, 0.25) is 0 Å². The maximum atomic E-state index is 12.7. The summed E-state index contributed by atoms with van der Waals surface area (Å²) in [6.45, 7) is 1.85. The minimum absolute atomic E-state index is 0.292. The van der Waals surface area contributed by atoms with Crippen LogP contribution in [0, 0.1) is 0 Å². The van der Waals surface area contributed by atoms with E-state index in [4.69, 9.17) is 23.8 Å². The minimum atomic E-state index is -4.35. The van der Waals surface area contributed by atoms with Gasteiger partial charge < -0.3 is 23.8 Å². The summed E-state index contributed by atoms with van der Waals surface area (Å²) in [7, 11) is 4.68. The van der Waals surface area contributed by atoms with E-state index in [-0.39, 0.29) is 12.2 Å². The summed E-state index contributed by atoms with van der Waals surface area (Å²) < 4.78 is 60.4. The molecule has 1 fully saturated rings. The molecule has 5 atom stereocenters. The summed E-state index contributed by atoms with van der Waals surface area (Å²) in [4.78, 5) is 5.53. The van der Waals surface area contributed by atoms with E-state index in [0.29, 0.717) is 5.56 Å². The third-order valence-electron chi connectivity index (χ3n) is 5.37. The van der Waals surface area contributed by atoms with Crippen LogP contribution in [0.4, 0.5) is 13.2 Å². The lowest BCUT2D eigenvalue weighted by Gasteiger charge is -2.42. The van der Waals surface area contributed by atoms with Crippen molar-refractivity contribution in [1.29, 1.82) is 0 Å². The Balaban J connectivity index is 1.64. The highest BCUT2D eigenvalue weighted by atomic mass is 19.4. The Morgan fingerprint density at radius 1 is 0.812 bits per heavy atom. The topological polar surface area (TPSA) is 58.5 Å². The summed E-state index contributed by atoms with van der Waals surface area (Å²) in [6.07, 6.45) is -5.16. The van der Waals surface area contributed by atoms with Gasteiger partial charge in [0.25, 0.3) is 6.29 Å². The third-order valence-corrected chi connectivity index (χ3v) is 5.37. The molecule has 6 nitrogen and oxygen atoms in total. The number of alkyl halides is 3. The standard InChI is InChI=1S/C23H26F3NO5/c1-14-19(28-2)20(29-3)21(30-4)22(31-14)32-27-13-15-5-7-16(8-6-15)17-9-11-18(12-10-17)23(24,25)26/h5-14,19-22H,1-4H3/b27-13+/t14-,19-,20+,21+,22-/m0/s1. The van der Waals surface area contributed by atoms with Gasteiger partial charge in [-0.1, -0.05) is 41.6 Å². The Labute approximate surface area is 184 Å². The quantitative estimate of drug-likeness (QED) is 0.456. The molecule has 1 heterocycles. The summed E-state index contributed by atoms with van der Waals surface area (Å²) in [5.41, 5.74) is 1.54. The Morgan fingerprint density at radius 3 is 1.84 bits per heavy atom. The normalized spacial score (nSPS) is 26.4. The summed E-state index contributed by atoms with van der Waals surface area (Å²) in [5, 5.41) is 4.01. The molecule has 2 aromatic rings. The van der Waals surface area contributed by atoms with Crippen LogP contribution in [-0.4, -0.2) is 58.2 Å². The van der Waals surface area contributed by atoms with Crippen molar-refractivity contribution < 1.29 is 37.0 Å². The van der Waals surface area contributed by atoms with Crippen molar-refractivity contribution in [2.45, 2.75) is 43.8 Å². The van der Waals surface area contributed by atoms with Crippen molar-refractivity contribution in [3.8, 4) is 11.1 Å². The molecule has 32 heavy (non-hydrogen) atoms. The fourth-order valence-electron chi connectivity index (χ4n) is 3.66. The number of rotatable bonds is 7. The fourth-order valence-corrected chi connectivity index (χ4v) is 3.66. The van der Waals surface area contributed by atoms with Gasteiger partial charge in [-0.25, -0.2) is 0 Å². The van der Waals surface area contributed by atoms with Gasteiger partial charge in [-0.15, -0.1) is 0 Å². The van der Waals surface area contributed by atoms with Crippen molar-refractivity contribution in [3.63, 3.8) is 0 Å². The zero-order chi connectivity index (χ0) is 23.3. The molecule has 0 bridgehead atoms. The maximum absolute atomic E-state index is 12.7. The molecular formula is C23H26F3NO5. The van der Waals surface area contributed by atoms with Gasteiger partial charge in [0.05, 0.1) is 17.9 Å². The van der Waals surface area contributed by atoms with Crippen LogP contribution in [0.5, 0.6) is 0 Å². The van der Waals surface area contributed by atoms with E-state index in [0.717, 1.165) is 23.3 Å². The molecule has 1 saturated heterocycles. The number of oxime groups is 1. The van der Waals surface area contributed by atoms with E-state index < -0.39 is 30.2 Å². The zero-order valence-electron chi connectivity index (χ0n) is 18.2. The second-order valence-electron chi connectivity index (χ2n) is 7.35. The second-order valence-corrected chi connectivity index (χ2v) is 7.35. The molecule has 0 N–H and O–H groups in total. The van der Waals surface area contributed by atoms with Gasteiger partial charge in [-0.05, 0) is 35.7 Å². The molecule has 1 aliphatic heterocycles. The molecule has 0 aliphatic carbocycles. The number of hydrogen-bond acceptors (Lipinski definition) is 6. The molecule has 3 rings (SSSR count). The van der Waals surface area contributed by atoms with Gasteiger partial charge in [-0.2, -0.15) is 13.2 Å². The smallest absolute Gasteiger partial charge is 0.376 e. The molecule has 0 unspecified atom stereocenters. The zero-order valence-corrected chi connectivity index (χ0v) is 18.2. The van der Waals surface area contributed by atoms with Crippen LogP contribution in [0.25, 0.3) is 11.1 Å². The van der Waals surface area contributed by atoms with Gasteiger partial charge in [0.1, 0.15) is 12.2 Å². The van der Waals surface area contributed by atoms with Crippen molar-refractivity contribution in [1.82, 2.24) is 0 Å². The Hall–Kier alpha value is -2.46. The number of ether oxygens (including phenoxy) is 4. The van der Waals surface area contributed by atoms with Gasteiger partial charge >= 0.3 is 6.18 Å². The lowest BCUT2D eigenvalue weighted by molar-refractivity contribution is -0.305. The first-order valence-electron chi connectivity index (χ1n) is 9.99. The molecule has 0 aromatic heterocycles. The van der Waals surface area contributed by atoms with E-state index in [9.17, 15) is 13.2 Å². The fraction of sp³-hybridized carbons (Fsp3) is 0.435. The summed E-state index contributed by atoms with van der Waals surface area (Å²) >= 11 is 0. The highest BCUT2D eigenvalue weighted by Gasteiger charge is 2.46. The first-order valence-corrected chi connectivity index (χ1v) is 9.99. The third kappa shape index (κ3) is 5.47. The molecule has 174 valence electrons. The second kappa shape index (κ2) is 10.4. The van der Waals surface area contributed by atoms with E-state index >= 15 is 0 Å². The number of benzene rings is 2. The Morgan fingerprint density at radius 2 is 1.34 bits per heavy atom. The van der Waals surface area contributed by atoms with E-state index in [1.807, 2.05) is 6.92 Å². The van der Waals surface area contributed by atoms with Crippen molar-refractivity contribution >= 4 is 6.21 Å². The first-order chi connectivity index (χ1) is 15.3. The molecule has 0 saturated carbocycles. The number of halogens is 3. The predicted molar refractivity (Wildman–Crippen MR) is 112 cm³/mol. The molecule has 0 spiro atoms. The van der Waals surface area contributed by atoms with Crippen LogP contribution in [0.15, 0.2) is 53.7 Å². The molecular weight excluding hydrogens is 427 g/mol. The summed E-state index contributed by atoms with van der Waals surface area (Å²) in [5.74, 6) is 0. The molecule has 2 aromatic carbocycles. The number of nitrogens with zero attached hydrogens (tertiary/aromatic N) is 1. The molecule has 0 radical (unpaired) electrons. The lowest BCUT2D eigenvalue weighted by atomic mass is 9.99. The predicted octanol–water partition coefficient (Wildman–Crippen LogP) is 4.51. The maximum Gasteiger partial charge on any atom is 0.416 e. The van der Waals surface area contributed by atoms with E-state index in [1.54, 1.807) is 38.5 Å². The largest absolute Gasteiger partial charge is 0.416 e. The molecule has 0 amide bonds. The van der Waals surface area contributed by atoms with Crippen LogP contribution in [-0.2, 0) is 30.0 Å². The first kappa shape index (κ1) is 24.2. The van der Waals surface area contributed by atoms with Gasteiger partial charge in [-0.3, -0.25) is 0 Å². The van der Waals surface area contributed by atoms with E-state index in [2.05, 4.69) is 5.16 Å². The van der Waals surface area contributed by atoms with Crippen molar-refractivity contribution in [2.75, 3.05) is 21.3 Å². The average molecular weight is 453 g/mol. The Bertz CT molecular complexity index is 886. The van der Waals surface area contributed by atoms with Crippen LogP contribution in [0.1, 0.15) is 18.1 Å². The minimum Gasteiger partial charge on any atom is -0.376 e. The van der Waals surface area contributed by atoms with Crippen molar-refractivity contribution in [3.05, 3.63) is 59.7 Å². The summed E-state index contributed by atoms with van der Waals surface area (Å²) in [6, 6.07) is 12.2. The van der Waals surface area contributed by atoms with Crippen molar-refractivity contribution in [2.24, 2.45) is 5.16 Å². The molecule has 1 aliphatic rings. The molecule has 9 heteroatoms. The van der Waals surface area contributed by atoms with Crippen LogP contribution in [0.2, 0.25) is 0 Å². The lowest BCUT2D eigenvalue weighted by Crippen LogP contribution is -2.59. The van der Waals surface area contributed by atoms with Gasteiger partial charge in [0, 0.05) is 21.3 Å². The number of methoxy groups -OCH3 is 3.